The van der Waals surface area contributed by atoms with E-state index >= 15 is 0 Å². The summed E-state index contributed by atoms with van der Waals surface area (Å²) in [5.41, 5.74) is 2.60. The van der Waals surface area contributed by atoms with Crippen LogP contribution < -0.4 is 0 Å². The van der Waals surface area contributed by atoms with Gasteiger partial charge < -0.3 is 4.74 Å². The number of rotatable bonds is 5. The Morgan fingerprint density at radius 2 is 1.50 bits per heavy atom. The van der Waals surface area contributed by atoms with Gasteiger partial charge in [0.2, 0.25) is 0 Å². The fraction of sp³-hybridized carbons (Fsp3) is 0.158. The normalized spacial score (nSPS) is 13.7. The van der Waals surface area contributed by atoms with Gasteiger partial charge in [-0.15, -0.1) is 0 Å². The largest absolute Gasteiger partial charge is 0.376 e. The van der Waals surface area contributed by atoms with Crippen LogP contribution in [0.3, 0.4) is 0 Å². The molecule has 1 aliphatic carbocycles. The summed E-state index contributed by atoms with van der Waals surface area (Å²) >= 11 is 0. The smallest absolute Gasteiger partial charge is 0.189 e. The maximum atomic E-state index is 12.4. The van der Waals surface area contributed by atoms with E-state index in [4.69, 9.17) is 4.74 Å². The Bertz CT molecular complexity index is 729. The lowest BCUT2D eigenvalue weighted by molar-refractivity contribution is 0.0958. The second kappa shape index (κ2) is 6.50. The van der Waals surface area contributed by atoms with Gasteiger partial charge >= 0.3 is 0 Å². The van der Waals surface area contributed by atoms with Crippen molar-refractivity contribution in [3.8, 4) is 0 Å². The Morgan fingerprint density at radius 1 is 0.818 bits per heavy atom. The molecule has 0 fully saturated rings. The Kier molecular flexibility index (Phi) is 4.26. The van der Waals surface area contributed by atoms with Crippen molar-refractivity contribution in [3.63, 3.8) is 0 Å². The number of hydrogen-bond acceptors (Lipinski definition) is 3. The van der Waals surface area contributed by atoms with Crippen LogP contribution in [0, 0.1) is 0 Å². The molecule has 0 N–H and O–H groups in total. The van der Waals surface area contributed by atoms with Gasteiger partial charge in [0.1, 0.15) is 0 Å². The predicted molar refractivity (Wildman–Crippen MR) is 83.9 cm³/mol. The fourth-order valence-electron chi connectivity index (χ4n) is 2.50. The molecule has 0 spiro atoms. The number of ether oxygens (including phenoxy) is 1. The number of benzene rings is 2. The molecular weight excluding hydrogens is 276 g/mol. The van der Waals surface area contributed by atoms with Crippen LogP contribution in [-0.4, -0.2) is 18.2 Å². The standard InChI is InChI=1S/C19H16O3/c20-18-12-15(19(21)17-9-5-4-8-16(17)18)10-11-22-13-14-6-2-1-3-7-14/h1-9,12H,10-11,13H2. The molecule has 22 heavy (non-hydrogen) atoms. The van der Waals surface area contributed by atoms with Gasteiger partial charge in [0, 0.05) is 16.7 Å². The number of carbonyl (C=O) groups excluding carboxylic acids is 2. The predicted octanol–water partition coefficient (Wildman–Crippen LogP) is 3.60. The Hall–Kier alpha value is -2.52. The summed E-state index contributed by atoms with van der Waals surface area (Å²) in [6, 6.07) is 16.8. The van der Waals surface area contributed by atoms with Crippen LogP contribution in [0.15, 0.2) is 66.2 Å². The molecule has 2 aromatic rings. The molecule has 0 aliphatic heterocycles. The summed E-state index contributed by atoms with van der Waals surface area (Å²) in [6.07, 6.45) is 1.89. The van der Waals surface area contributed by atoms with Crippen molar-refractivity contribution in [3.05, 3.63) is 82.9 Å². The number of ketones is 2. The zero-order valence-corrected chi connectivity index (χ0v) is 12.1. The Morgan fingerprint density at radius 3 is 2.27 bits per heavy atom. The molecule has 0 bridgehead atoms. The van der Waals surface area contributed by atoms with Gasteiger partial charge in [-0.05, 0) is 18.1 Å². The number of fused-ring (bicyclic) bond motifs is 1. The molecular formula is C19H16O3. The minimum atomic E-state index is -0.103. The SMILES string of the molecule is O=C1C=C(CCOCc2ccccc2)C(=O)c2ccccc21. The number of allylic oxidation sites excluding steroid dienone is 1. The lowest BCUT2D eigenvalue weighted by atomic mass is 9.88. The summed E-state index contributed by atoms with van der Waals surface area (Å²) in [4.78, 5) is 24.4. The number of carbonyl (C=O) groups is 2. The third-order valence-electron chi connectivity index (χ3n) is 3.66. The summed E-state index contributed by atoms with van der Waals surface area (Å²) in [5, 5.41) is 0. The van der Waals surface area contributed by atoms with Crippen LogP contribution in [0.4, 0.5) is 0 Å². The minimum absolute atomic E-state index is 0.0708. The summed E-state index contributed by atoms with van der Waals surface area (Å²) in [5.74, 6) is -0.174. The van der Waals surface area contributed by atoms with Gasteiger partial charge in [-0.1, -0.05) is 54.6 Å². The quantitative estimate of drug-likeness (QED) is 0.791. The van der Waals surface area contributed by atoms with E-state index in [-0.39, 0.29) is 11.6 Å². The van der Waals surface area contributed by atoms with Gasteiger partial charge in [0.25, 0.3) is 0 Å². The highest BCUT2D eigenvalue weighted by Gasteiger charge is 2.24. The van der Waals surface area contributed by atoms with E-state index in [0.717, 1.165) is 5.56 Å². The molecule has 2 aromatic carbocycles. The van der Waals surface area contributed by atoms with E-state index < -0.39 is 0 Å². The number of Topliss-reactive ketones (excluding diaryl/α,β-unsaturated/α-hetero) is 1. The van der Waals surface area contributed by atoms with Crippen molar-refractivity contribution in [2.45, 2.75) is 13.0 Å². The molecule has 0 heterocycles. The summed E-state index contributed by atoms with van der Waals surface area (Å²) in [6.45, 7) is 0.925. The van der Waals surface area contributed by atoms with Gasteiger partial charge in [0.15, 0.2) is 11.6 Å². The van der Waals surface area contributed by atoms with Crippen molar-refractivity contribution >= 4 is 11.6 Å². The summed E-state index contributed by atoms with van der Waals surface area (Å²) in [7, 11) is 0. The first-order valence-electron chi connectivity index (χ1n) is 7.26. The van der Waals surface area contributed by atoms with Crippen LogP contribution >= 0.6 is 0 Å². The lowest BCUT2D eigenvalue weighted by Crippen LogP contribution is -2.17. The first-order valence-corrected chi connectivity index (χ1v) is 7.26. The van der Waals surface area contributed by atoms with Gasteiger partial charge in [-0.2, -0.15) is 0 Å². The molecule has 110 valence electrons. The van der Waals surface area contributed by atoms with Crippen molar-refractivity contribution in [2.24, 2.45) is 0 Å². The molecule has 0 radical (unpaired) electrons. The Labute approximate surface area is 129 Å². The highest BCUT2D eigenvalue weighted by atomic mass is 16.5. The molecule has 0 saturated heterocycles. The molecule has 0 atom stereocenters. The highest BCUT2D eigenvalue weighted by Crippen LogP contribution is 2.22. The van der Waals surface area contributed by atoms with Crippen molar-refractivity contribution in [1.82, 2.24) is 0 Å². The highest BCUT2D eigenvalue weighted by molar-refractivity contribution is 6.24. The average molecular weight is 292 g/mol. The lowest BCUT2D eigenvalue weighted by Gasteiger charge is -2.14. The third-order valence-corrected chi connectivity index (χ3v) is 3.66. The zero-order valence-electron chi connectivity index (χ0n) is 12.1. The van der Waals surface area contributed by atoms with Gasteiger partial charge in [-0.3, -0.25) is 9.59 Å². The maximum absolute atomic E-state index is 12.4. The fourth-order valence-corrected chi connectivity index (χ4v) is 2.50. The van der Waals surface area contributed by atoms with E-state index in [9.17, 15) is 9.59 Å². The molecule has 0 unspecified atom stereocenters. The first kappa shape index (κ1) is 14.4. The molecule has 0 saturated carbocycles. The molecule has 0 aromatic heterocycles. The van der Waals surface area contributed by atoms with Gasteiger partial charge in [0.05, 0.1) is 13.2 Å². The van der Waals surface area contributed by atoms with Crippen LogP contribution in [0.5, 0.6) is 0 Å². The molecule has 3 nitrogen and oxygen atoms in total. The molecule has 3 heteroatoms. The van der Waals surface area contributed by atoms with E-state index in [2.05, 4.69) is 0 Å². The molecule has 3 rings (SSSR count). The molecule has 0 amide bonds. The minimum Gasteiger partial charge on any atom is -0.376 e. The first-order chi connectivity index (χ1) is 10.8. The average Bonchev–Trinajstić information content (AvgIpc) is 2.57. The van der Waals surface area contributed by atoms with E-state index in [1.807, 2.05) is 30.3 Å². The van der Waals surface area contributed by atoms with Crippen LogP contribution in [0.25, 0.3) is 0 Å². The zero-order chi connectivity index (χ0) is 15.4. The van der Waals surface area contributed by atoms with Gasteiger partial charge in [-0.25, -0.2) is 0 Å². The second-order valence-corrected chi connectivity index (χ2v) is 5.20. The van der Waals surface area contributed by atoms with E-state index in [0.29, 0.717) is 36.3 Å². The summed E-state index contributed by atoms with van der Waals surface area (Å²) < 4.78 is 5.59. The van der Waals surface area contributed by atoms with Crippen LogP contribution in [0.2, 0.25) is 0 Å². The third kappa shape index (κ3) is 3.05. The maximum Gasteiger partial charge on any atom is 0.189 e. The number of hydrogen-bond donors (Lipinski definition) is 0. The van der Waals surface area contributed by atoms with Crippen LogP contribution in [0.1, 0.15) is 32.7 Å². The van der Waals surface area contributed by atoms with Crippen molar-refractivity contribution in [1.29, 1.82) is 0 Å². The molecule has 1 aliphatic rings. The van der Waals surface area contributed by atoms with Crippen molar-refractivity contribution < 1.29 is 14.3 Å². The monoisotopic (exact) mass is 292 g/mol. The Balaban J connectivity index is 1.60. The van der Waals surface area contributed by atoms with E-state index in [1.54, 1.807) is 24.3 Å². The van der Waals surface area contributed by atoms with Crippen molar-refractivity contribution in [2.75, 3.05) is 6.61 Å². The second-order valence-electron chi connectivity index (χ2n) is 5.20. The topological polar surface area (TPSA) is 43.4 Å². The van der Waals surface area contributed by atoms with E-state index in [1.165, 1.54) is 6.08 Å². The van der Waals surface area contributed by atoms with Crippen LogP contribution in [-0.2, 0) is 11.3 Å².